The molecule has 0 aromatic heterocycles. The number of nitrogens with zero attached hydrogens (tertiary/aromatic N) is 1. The molecule has 0 radical (unpaired) electrons. The van der Waals surface area contributed by atoms with Crippen LogP contribution in [0.5, 0.6) is 0 Å². The summed E-state index contributed by atoms with van der Waals surface area (Å²) in [7, 11) is 0. The normalized spacial score (nSPS) is 24.7. The standard InChI is InChI=1S/C14H21ClN2O/c1-11(2)17-8-7-14(9-17,10-18)16-13-5-3-12(15)4-6-13/h3-6,11,16,18H,7-10H2,1-2H3. The molecule has 0 aliphatic carbocycles. The first-order valence-corrected chi connectivity index (χ1v) is 6.81. The molecule has 3 nitrogen and oxygen atoms in total. The van der Waals surface area contributed by atoms with Crippen LogP contribution >= 0.6 is 11.6 Å². The molecule has 2 N–H and O–H groups in total. The van der Waals surface area contributed by atoms with Gasteiger partial charge in [0.25, 0.3) is 0 Å². The molecule has 2 rings (SSSR count). The highest BCUT2D eigenvalue weighted by molar-refractivity contribution is 6.30. The number of likely N-dealkylation sites (tertiary alicyclic amines) is 1. The van der Waals surface area contributed by atoms with Gasteiger partial charge in [-0.2, -0.15) is 0 Å². The summed E-state index contributed by atoms with van der Waals surface area (Å²) in [6, 6.07) is 8.16. The van der Waals surface area contributed by atoms with Crippen molar-refractivity contribution < 1.29 is 5.11 Å². The summed E-state index contributed by atoms with van der Waals surface area (Å²) in [6.45, 7) is 6.44. The maximum absolute atomic E-state index is 9.72. The van der Waals surface area contributed by atoms with E-state index in [9.17, 15) is 5.11 Å². The number of rotatable bonds is 4. The number of hydrogen-bond donors (Lipinski definition) is 2. The number of benzene rings is 1. The van der Waals surface area contributed by atoms with E-state index in [0.29, 0.717) is 6.04 Å². The van der Waals surface area contributed by atoms with Gasteiger partial charge in [0.15, 0.2) is 0 Å². The van der Waals surface area contributed by atoms with Crippen LogP contribution in [0.25, 0.3) is 0 Å². The van der Waals surface area contributed by atoms with Crippen molar-refractivity contribution in [3.05, 3.63) is 29.3 Å². The average molecular weight is 269 g/mol. The van der Waals surface area contributed by atoms with Crippen LogP contribution in [0, 0.1) is 0 Å². The van der Waals surface area contributed by atoms with Crippen molar-refractivity contribution in [2.75, 3.05) is 25.0 Å². The van der Waals surface area contributed by atoms with E-state index in [1.165, 1.54) is 0 Å². The third-order valence-corrected chi connectivity index (χ3v) is 3.92. The van der Waals surface area contributed by atoms with Crippen LogP contribution in [0.3, 0.4) is 0 Å². The van der Waals surface area contributed by atoms with Crippen LogP contribution in [0.15, 0.2) is 24.3 Å². The molecule has 1 aliphatic rings. The highest BCUT2D eigenvalue weighted by atomic mass is 35.5. The van der Waals surface area contributed by atoms with Crippen LogP contribution in [0.4, 0.5) is 5.69 Å². The predicted octanol–water partition coefficient (Wildman–Crippen LogP) is 2.60. The molecule has 1 aliphatic heterocycles. The molecular weight excluding hydrogens is 248 g/mol. The summed E-state index contributed by atoms with van der Waals surface area (Å²) in [5.74, 6) is 0. The molecule has 1 fully saturated rings. The fourth-order valence-electron chi connectivity index (χ4n) is 2.46. The molecule has 1 saturated heterocycles. The van der Waals surface area contributed by atoms with E-state index in [0.717, 1.165) is 30.2 Å². The monoisotopic (exact) mass is 268 g/mol. The van der Waals surface area contributed by atoms with E-state index in [1.807, 2.05) is 24.3 Å². The van der Waals surface area contributed by atoms with E-state index >= 15 is 0 Å². The second kappa shape index (κ2) is 5.47. The fourth-order valence-corrected chi connectivity index (χ4v) is 2.58. The predicted molar refractivity (Wildman–Crippen MR) is 76.2 cm³/mol. The van der Waals surface area contributed by atoms with E-state index in [4.69, 9.17) is 11.6 Å². The maximum atomic E-state index is 9.72. The highest BCUT2D eigenvalue weighted by Gasteiger charge is 2.38. The lowest BCUT2D eigenvalue weighted by Crippen LogP contribution is -2.45. The number of halogens is 1. The van der Waals surface area contributed by atoms with Crippen LogP contribution < -0.4 is 5.32 Å². The van der Waals surface area contributed by atoms with Crippen LogP contribution in [0.2, 0.25) is 5.02 Å². The van der Waals surface area contributed by atoms with Gasteiger partial charge in [-0.1, -0.05) is 11.6 Å². The van der Waals surface area contributed by atoms with Crippen LogP contribution in [-0.4, -0.2) is 41.3 Å². The van der Waals surface area contributed by atoms with Crippen LogP contribution in [-0.2, 0) is 0 Å². The van der Waals surface area contributed by atoms with Gasteiger partial charge in [-0.3, -0.25) is 4.90 Å². The molecule has 1 aromatic rings. The van der Waals surface area contributed by atoms with Crippen molar-refractivity contribution in [3.8, 4) is 0 Å². The zero-order chi connectivity index (χ0) is 13.2. The maximum Gasteiger partial charge on any atom is 0.0742 e. The summed E-state index contributed by atoms with van der Waals surface area (Å²) < 4.78 is 0. The molecule has 1 atom stereocenters. The Bertz CT molecular complexity index is 393. The Kier molecular flexibility index (Phi) is 4.15. The Hall–Kier alpha value is -0.770. The summed E-state index contributed by atoms with van der Waals surface area (Å²) in [5.41, 5.74) is 0.789. The zero-order valence-electron chi connectivity index (χ0n) is 11.0. The molecule has 100 valence electrons. The third kappa shape index (κ3) is 2.97. The first kappa shape index (κ1) is 13.7. The van der Waals surface area contributed by atoms with Crippen molar-refractivity contribution >= 4 is 17.3 Å². The first-order chi connectivity index (χ1) is 8.54. The van der Waals surface area contributed by atoms with Crippen molar-refractivity contribution in [2.24, 2.45) is 0 Å². The smallest absolute Gasteiger partial charge is 0.0742 e. The molecular formula is C14H21ClN2O. The van der Waals surface area contributed by atoms with Crippen LogP contribution in [0.1, 0.15) is 20.3 Å². The quantitative estimate of drug-likeness (QED) is 0.881. The number of nitrogens with one attached hydrogen (secondary N) is 1. The minimum Gasteiger partial charge on any atom is -0.394 e. The summed E-state index contributed by atoms with van der Waals surface area (Å²) >= 11 is 5.88. The van der Waals surface area contributed by atoms with E-state index < -0.39 is 0 Å². The SMILES string of the molecule is CC(C)N1CCC(CO)(Nc2ccc(Cl)cc2)C1. The van der Waals surface area contributed by atoms with Gasteiger partial charge >= 0.3 is 0 Å². The molecule has 4 heteroatoms. The van der Waals surface area contributed by atoms with Crippen molar-refractivity contribution in [3.63, 3.8) is 0 Å². The van der Waals surface area contributed by atoms with E-state index in [2.05, 4.69) is 24.1 Å². The number of hydrogen-bond acceptors (Lipinski definition) is 3. The van der Waals surface area contributed by atoms with Gasteiger partial charge in [-0.25, -0.2) is 0 Å². The first-order valence-electron chi connectivity index (χ1n) is 6.43. The van der Waals surface area contributed by atoms with Gasteiger partial charge in [0.1, 0.15) is 0 Å². The fraction of sp³-hybridized carbons (Fsp3) is 0.571. The Labute approximate surface area is 114 Å². The Morgan fingerprint density at radius 3 is 2.56 bits per heavy atom. The molecule has 18 heavy (non-hydrogen) atoms. The van der Waals surface area contributed by atoms with Crippen molar-refractivity contribution in [1.29, 1.82) is 0 Å². The lowest BCUT2D eigenvalue weighted by atomic mass is 9.99. The molecule has 1 unspecified atom stereocenters. The zero-order valence-corrected chi connectivity index (χ0v) is 11.7. The summed E-state index contributed by atoms with van der Waals surface area (Å²) in [6.07, 6.45) is 0.963. The lowest BCUT2D eigenvalue weighted by molar-refractivity contribution is 0.196. The third-order valence-electron chi connectivity index (χ3n) is 3.67. The minimum atomic E-state index is -0.224. The largest absolute Gasteiger partial charge is 0.394 e. The lowest BCUT2D eigenvalue weighted by Gasteiger charge is -2.31. The number of aliphatic hydroxyl groups excluding tert-OH is 1. The second-order valence-corrected chi connectivity index (χ2v) is 5.82. The van der Waals surface area contributed by atoms with Gasteiger partial charge in [-0.05, 0) is 44.5 Å². The second-order valence-electron chi connectivity index (χ2n) is 5.38. The van der Waals surface area contributed by atoms with E-state index in [1.54, 1.807) is 0 Å². The van der Waals surface area contributed by atoms with Crippen molar-refractivity contribution in [1.82, 2.24) is 4.90 Å². The van der Waals surface area contributed by atoms with E-state index in [-0.39, 0.29) is 12.1 Å². The van der Waals surface area contributed by atoms with Gasteiger partial charge in [0.2, 0.25) is 0 Å². The molecule has 0 spiro atoms. The molecule has 1 aromatic carbocycles. The van der Waals surface area contributed by atoms with Crippen molar-refractivity contribution in [2.45, 2.75) is 31.8 Å². The molecule has 1 heterocycles. The van der Waals surface area contributed by atoms with Gasteiger partial charge in [0, 0.05) is 29.8 Å². The Morgan fingerprint density at radius 2 is 2.06 bits per heavy atom. The number of anilines is 1. The molecule has 0 amide bonds. The summed E-state index contributed by atoms with van der Waals surface area (Å²) in [5, 5.41) is 13.9. The average Bonchev–Trinajstić information content (AvgIpc) is 2.77. The molecule has 0 saturated carbocycles. The highest BCUT2D eigenvalue weighted by Crippen LogP contribution is 2.27. The molecule has 0 bridgehead atoms. The Morgan fingerprint density at radius 1 is 1.39 bits per heavy atom. The topological polar surface area (TPSA) is 35.5 Å². The Balaban J connectivity index is 2.08. The van der Waals surface area contributed by atoms with Gasteiger partial charge < -0.3 is 10.4 Å². The summed E-state index contributed by atoms with van der Waals surface area (Å²) in [4.78, 5) is 2.39. The minimum absolute atomic E-state index is 0.152. The number of aliphatic hydroxyl groups is 1. The van der Waals surface area contributed by atoms with Gasteiger partial charge in [0.05, 0.1) is 12.1 Å². The van der Waals surface area contributed by atoms with Gasteiger partial charge in [-0.15, -0.1) is 0 Å².